The number of nitrogens with one attached hydrogen (secondary N) is 1. The molecule has 0 saturated heterocycles. The van der Waals surface area contributed by atoms with E-state index in [1.54, 1.807) is 6.07 Å². The lowest BCUT2D eigenvalue weighted by Gasteiger charge is -2.13. The maximum absolute atomic E-state index is 12.1. The zero-order valence-corrected chi connectivity index (χ0v) is 15.9. The van der Waals surface area contributed by atoms with Crippen LogP contribution in [0.5, 0.6) is 0 Å². The molecule has 1 aromatic carbocycles. The summed E-state index contributed by atoms with van der Waals surface area (Å²) in [5.74, 6) is 0.678. The number of hydrogen-bond donors (Lipinski definition) is 2. The van der Waals surface area contributed by atoms with Crippen LogP contribution in [0.4, 0.5) is 0 Å². The second-order valence-electron chi connectivity index (χ2n) is 3.52. The zero-order chi connectivity index (χ0) is 14.6. The standard InChI is InChI=1S/C12H8I3NO3/c1-2-3-9(12(18)19)16-11(17)7-4-6(13)5-8(14)10(7)15/h1,4-5,9H,3H2,(H,16,17)(H,18,19). The summed E-state index contributed by atoms with van der Waals surface area (Å²) in [5, 5.41) is 11.4. The van der Waals surface area contributed by atoms with Gasteiger partial charge in [0.15, 0.2) is 0 Å². The van der Waals surface area contributed by atoms with E-state index in [-0.39, 0.29) is 6.42 Å². The summed E-state index contributed by atoms with van der Waals surface area (Å²) >= 11 is 6.30. The number of carboxylic acids is 1. The molecule has 1 unspecified atom stereocenters. The monoisotopic (exact) mass is 595 g/mol. The highest BCUT2D eigenvalue weighted by molar-refractivity contribution is 14.1. The van der Waals surface area contributed by atoms with Crippen LogP contribution in [-0.4, -0.2) is 23.0 Å². The van der Waals surface area contributed by atoms with Crippen LogP contribution in [0.1, 0.15) is 16.8 Å². The van der Waals surface area contributed by atoms with Gasteiger partial charge in [-0.2, -0.15) is 0 Å². The Morgan fingerprint density at radius 1 is 1.37 bits per heavy atom. The quantitative estimate of drug-likeness (QED) is 0.320. The first-order valence-corrected chi connectivity index (χ1v) is 8.22. The number of aliphatic carboxylic acids is 1. The van der Waals surface area contributed by atoms with E-state index in [9.17, 15) is 9.59 Å². The van der Waals surface area contributed by atoms with Crippen molar-refractivity contribution in [1.29, 1.82) is 0 Å². The van der Waals surface area contributed by atoms with Crippen molar-refractivity contribution in [2.24, 2.45) is 0 Å². The molecule has 2 N–H and O–H groups in total. The van der Waals surface area contributed by atoms with E-state index in [4.69, 9.17) is 11.5 Å². The summed E-state index contributed by atoms with van der Waals surface area (Å²) in [4.78, 5) is 23.1. The van der Waals surface area contributed by atoms with Gasteiger partial charge in [-0.15, -0.1) is 12.3 Å². The number of terminal acetylenes is 1. The average molecular weight is 595 g/mol. The molecule has 0 radical (unpaired) electrons. The summed E-state index contributed by atoms with van der Waals surface area (Å²) in [7, 11) is 0. The van der Waals surface area contributed by atoms with Gasteiger partial charge >= 0.3 is 5.97 Å². The van der Waals surface area contributed by atoms with Crippen LogP contribution in [0.3, 0.4) is 0 Å². The number of carbonyl (C=O) groups excluding carboxylic acids is 1. The topological polar surface area (TPSA) is 66.4 Å². The molecule has 0 aromatic heterocycles. The molecule has 0 aliphatic rings. The molecule has 19 heavy (non-hydrogen) atoms. The van der Waals surface area contributed by atoms with Crippen molar-refractivity contribution >= 4 is 79.6 Å². The van der Waals surface area contributed by atoms with Crippen LogP contribution in [0, 0.1) is 23.1 Å². The van der Waals surface area contributed by atoms with Gasteiger partial charge in [-0.25, -0.2) is 4.79 Å². The molecule has 7 heteroatoms. The third-order valence-corrected chi connectivity index (χ3v) is 5.83. The van der Waals surface area contributed by atoms with Crippen LogP contribution in [-0.2, 0) is 4.79 Å². The maximum Gasteiger partial charge on any atom is 0.327 e. The minimum Gasteiger partial charge on any atom is -0.480 e. The molecule has 4 nitrogen and oxygen atoms in total. The van der Waals surface area contributed by atoms with Gasteiger partial charge in [0.05, 0.1) is 5.56 Å². The summed E-state index contributed by atoms with van der Waals surface area (Å²) in [6.45, 7) is 0. The highest BCUT2D eigenvalue weighted by atomic mass is 127. The molecule has 0 aliphatic heterocycles. The Hall–Kier alpha value is -0.0900. The molecule has 0 aliphatic carbocycles. The van der Waals surface area contributed by atoms with E-state index in [0.29, 0.717) is 5.56 Å². The van der Waals surface area contributed by atoms with Gasteiger partial charge in [0, 0.05) is 17.1 Å². The van der Waals surface area contributed by atoms with Crippen LogP contribution in [0.15, 0.2) is 12.1 Å². The Morgan fingerprint density at radius 3 is 2.53 bits per heavy atom. The van der Waals surface area contributed by atoms with E-state index in [0.717, 1.165) is 10.7 Å². The second-order valence-corrected chi connectivity index (χ2v) is 7.01. The van der Waals surface area contributed by atoms with E-state index >= 15 is 0 Å². The number of benzene rings is 1. The Morgan fingerprint density at radius 2 is 2.00 bits per heavy atom. The van der Waals surface area contributed by atoms with Crippen LogP contribution in [0.2, 0.25) is 0 Å². The summed E-state index contributed by atoms with van der Waals surface area (Å²) in [6.07, 6.45) is 5.05. The summed E-state index contributed by atoms with van der Waals surface area (Å²) in [6, 6.07) is 2.59. The minimum absolute atomic E-state index is 0.0430. The van der Waals surface area contributed by atoms with Crippen molar-refractivity contribution < 1.29 is 14.7 Å². The van der Waals surface area contributed by atoms with Gasteiger partial charge in [-0.1, -0.05) is 0 Å². The third-order valence-electron chi connectivity index (χ3n) is 2.16. The lowest BCUT2D eigenvalue weighted by Crippen LogP contribution is -2.40. The maximum atomic E-state index is 12.1. The van der Waals surface area contributed by atoms with Crippen molar-refractivity contribution in [3.05, 3.63) is 28.4 Å². The SMILES string of the molecule is C#CCC(NC(=O)c1cc(I)cc(I)c1I)C(=O)O. The fraction of sp³-hybridized carbons (Fsp3) is 0.167. The number of halogens is 3. The second kappa shape index (κ2) is 7.63. The highest BCUT2D eigenvalue weighted by Gasteiger charge is 2.21. The van der Waals surface area contributed by atoms with E-state index in [1.807, 2.05) is 6.07 Å². The molecule has 0 spiro atoms. The van der Waals surface area contributed by atoms with Crippen molar-refractivity contribution in [3.63, 3.8) is 0 Å². The van der Waals surface area contributed by atoms with Crippen LogP contribution < -0.4 is 5.32 Å². The van der Waals surface area contributed by atoms with Crippen molar-refractivity contribution in [3.8, 4) is 12.3 Å². The Kier molecular flexibility index (Phi) is 6.81. The molecule has 1 rings (SSSR count). The van der Waals surface area contributed by atoms with Gasteiger partial charge in [0.25, 0.3) is 5.91 Å². The van der Waals surface area contributed by atoms with Gasteiger partial charge in [0.2, 0.25) is 0 Å². The van der Waals surface area contributed by atoms with Crippen molar-refractivity contribution in [1.82, 2.24) is 5.32 Å². The van der Waals surface area contributed by atoms with Gasteiger partial charge < -0.3 is 10.4 Å². The smallest absolute Gasteiger partial charge is 0.327 e. The van der Waals surface area contributed by atoms with Gasteiger partial charge in [-0.3, -0.25) is 4.79 Å². The number of carbonyl (C=O) groups is 2. The number of amides is 1. The largest absolute Gasteiger partial charge is 0.480 e. The average Bonchev–Trinajstić information content (AvgIpc) is 2.32. The lowest BCUT2D eigenvalue weighted by molar-refractivity contribution is -0.139. The van der Waals surface area contributed by atoms with Crippen molar-refractivity contribution in [2.45, 2.75) is 12.5 Å². The summed E-state index contributed by atoms with van der Waals surface area (Å²) < 4.78 is 2.65. The van der Waals surface area contributed by atoms with Gasteiger partial charge in [0.1, 0.15) is 6.04 Å². The Labute approximate surface area is 151 Å². The van der Waals surface area contributed by atoms with Crippen molar-refractivity contribution in [2.75, 3.05) is 0 Å². The van der Waals surface area contributed by atoms with Crippen LogP contribution >= 0.6 is 67.8 Å². The molecule has 0 saturated carbocycles. The molecule has 0 heterocycles. The molecule has 0 fully saturated rings. The van der Waals surface area contributed by atoms with E-state index < -0.39 is 17.9 Å². The van der Waals surface area contributed by atoms with Gasteiger partial charge in [-0.05, 0) is 79.9 Å². The molecule has 1 aromatic rings. The molecular weight excluding hydrogens is 587 g/mol. The zero-order valence-electron chi connectivity index (χ0n) is 9.41. The van der Waals surface area contributed by atoms with E-state index in [2.05, 4.69) is 79.0 Å². The molecule has 0 bridgehead atoms. The normalized spacial score (nSPS) is 11.5. The number of carboxylic acid groups (broad SMARTS) is 1. The molecular formula is C12H8I3NO3. The van der Waals surface area contributed by atoms with Crippen LogP contribution in [0.25, 0.3) is 0 Å². The Balaban J connectivity index is 3.01. The number of rotatable bonds is 4. The Bertz CT molecular complexity index is 566. The first-order valence-electron chi connectivity index (χ1n) is 4.98. The number of hydrogen-bond acceptors (Lipinski definition) is 2. The molecule has 1 amide bonds. The first-order chi connectivity index (χ1) is 8.86. The molecule has 1 atom stereocenters. The lowest BCUT2D eigenvalue weighted by atomic mass is 10.1. The third kappa shape index (κ3) is 4.75. The highest BCUT2D eigenvalue weighted by Crippen LogP contribution is 2.22. The predicted octanol–water partition coefficient (Wildman–Crippen LogP) is 2.71. The first kappa shape index (κ1) is 17.0. The van der Waals surface area contributed by atoms with E-state index in [1.165, 1.54) is 0 Å². The fourth-order valence-electron chi connectivity index (χ4n) is 1.28. The predicted molar refractivity (Wildman–Crippen MR) is 96.9 cm³/mol. The molecule has 100 valence electrons. The summed E-state index contributed by atoms with van der Waals surface area (Å²) in [5.41, 5.74) is 0.458. The minimum atomic E-state index is -1.14. The fourth-order valence-corrected chi connectivity index (χ4v) is 3.68.